The molecular formula is C28H38O8S2. The molecule has 0 aromatic heterocycles. The molecule has 4 N–H and O–H groups in total. The van der Waals surface area contributed by atoms with Gasteiger partial charge >= 0.3 is 0 Å². The summed E-state index contributed by atoms with van der Waals surface area (Å²) in [5.74, 6) is 0.344. The summed E-state index contributed by atoms with van der Waals surface area (Å²) >= 11 is 1.01. The van der Waals surface area contributed by atoms with E-state index in [0.717, 1.165) is 53.6 Å². The van der Waals surface area contributed by atoms with Crippen molar-refractivity contribution in [3.05, 3.63) is 46.5 Å². The van der Waals surface area contributed by atoms with Gasteiger partial charge in [0.05, 0.1) is 18.0 Å². The fraction of sp³-hybridized carbons (Fsp3) is 0.643. The lowest BCUT2D eigenvalue weighted by Gasteiger charge is -2.39. The SMILES string of the molecule is CC1(C)C2CCC1(CSOOO)C(O)/C2=C/c1ccc(/C=C2\C3CCC(CS(=O)(=O)O)(C2O)C3(C)C)cc1. The fourth-order valence-corrected chi connectivity index (χ4v) is 10.9. The van der Waals surface area contributed by atoms with Crippen LogP contribution in [0.3, 0.4) is 0 Å². The van der Waals surface area contributed by atoms with Crippen molar-refractivity contribution in [1.82, 2.24) is 0 Å². The molecule has 10 heteroatoms. The molecule has 4 fully saturated rings. The number of aliphatic hydroxyl groups excluding tert-OH is 2. The third kappa shape index (κ3) is 4.06. The first-order valence-corrected chi connectivity index (χ1v) is 15.7. The van der Waals surface area contributed by atoms with Gasteiger partial charge in [-0.25, -0.2) is 5.26 Å². The smallest absolute Gasteiger partial charge is 0.265 e. The molecular weight excluding hydrogens is 528 g/mol. The Kier molecular flexibility index (Phi) is 7.01. The molecule has 38 heavy (non-hydrogen) atoms. The summed E-state index contributed by atoms with van der Waals surface area (Å²) in [6, 6.07) is 7.94. The lowest BCUT2D eigenvalue weighted by atomic mass is 9.70. The summed E-state index contributed by atoms with van der Waals surface area (Å²) in [7, 11) is -4.24. The van der Waals surface area contributed by atoms with E-state index in [-0.39, 0.29) is 22.7 Å². The molecule has 4 saturated carbocycles. The molecule has 8 nitrogen and oxygen atoms in total. The molecule has 0 saturated heterocycles. The van der Waals surface area contributed by atoms with E-state index in [1.54, 1.807) is 0 Å². The topological polar surface area (TPSA) is 134 Å². The van der Waals surface area contributed by atoms with Crippen LogP contribution in [-0.4, -0.2) is 52.2 Å². The molecule has 4 aliphatic rings. The highest BCUT2D eigenvalue weighted by atomic mass is 32.2. The molecule has 0 spiro atoms. The maximum atomic E-state index is 11.8. The second kappa shape index (κ2) is 9.41. The summed E-state index contributed by atoms with van der Waals surface area (Å²) in [5.41, 5.74) is 1.86. The first-order valence-electron chi connectivity index (χ1n) is 13.1. The predicted molar refractivity (Wildman–Crippen MR) is 146 cm³/mol. The van der Waals surface area contributed by atoms with Gasteiger partial charge in [-0.2, -0.15) is 8.42 Å². The number of hydrogen-bond donors (Lipinski definition) is 4. The second-order valence-corrected chi connectivity index (χ2v) is 14.9. The van der Waals surface area contributed by atoms with E-state index in [1.807, 2.05) is 44.2 Å². The van der Waals surface area contributed by atoms with Gasteiger partial charge < -0.3 is 10.2 Å². The molecule has 0 heterocycles. The minimum atomic E-state index is -4.24. The molecule has 5 rings (SSSR count). The average molecular weight is 567 g/mol. The van der Waals surface area contributed by atoms with Gasteiger partial charge in [0.1, 0.15) is 0 Å². The van der Waals surface area contributed by atoms with Crippen LogP contribution in [0.4, 0.5) is 0 Å². The number of fused-ring (bicyclic) bond motifs is 4. The summed E-state index contributed by atoms with van der Waals surface area (Å²) in [5, 5.41) is 34.9. The van der Waals surface area contributed by atoms with Crippen LogP contribution in [0.5, 0.6) is 0 Å². The zero-order valence-corrected chi connectivity index (χ0v) is 23.9. The van der Waals surface area contributed by atoms with Crippen LogP contribution in [0, 0.1) is 33.5 Å². The summed E-state index contributed by atoms with van der Waals surface area (Å²) in [6.07, 6.45) is 5.66. The van der Waals surface area contributed by atoms with Crippen molar-refractivity contribution in [2.75, 3.05) is 11.5 Å². The molecule has 6 atom stereocenters. The standard InChI is InChI=1S/C28H38O8S2/c1-25(2)21-9-11-27(25,15-37-36-35-31)23(29)19(21)13-17-5-7-18(8-6-17)14-20-22-10-12-28(24(20)30,26(22,3)4)16-38(32,33)34/h5-8,13-14,21-24,29-31H,9-12,15-16H2,1-4H3,(H,32,33,34)/b19-13+,20-14+. The molecule has 4 aliphatic carbocycles. The van der Waals surface area contributed by atoms with Crippen molar-refractivity contribution < 1.29 is 37.8 Å². The van der Waals surface area contributed by atoms with Gasteiger partial charge in [-0.3, -0.25) is 4.55 Å². The lowest BCUT2D eigenvalue weighted by Crippen LogP contribution is -2.44. The van der Waals surface area contributed by atoms with Crippen LogP contribution in [0.15, 0.2) is 35.4 Å². The molecule has 4 bridgehead atoms. The highest BCUT2D eigenvalue weighted by Gasteiger charge is 2.67. The van der Waals surface area contributed by atoms with E-state index < -0.39 is 38.9 Å². The fourth-order valence-electron chi connectivity index (χ4n) is 8.61. The van der Waals surface area contributed by atoms with Crippen molar-refractivity contribution >= 4 is 34.3 Å². The van der Waals surface area contributed by atoms with E-state index in [2.05, 4.69) is 29.3 Å². The zero-order chi connectivity index (χ0) is 27.7. The van der Waals surface area contributed by atoms with Gasteiger partial charge in [-0.05, 0) is 70.6 Å². The monoisotopic (exact) mass is 566 g/mol. The maximum absolute atomic E-state index is 11.8. The van der Waals surface area contributed by atoms with Crippen molar-refractivity contribution in [2.45, 2.75) is 65.6 Å². The summed E-state index contributed by atoms with van der Waals surface area (Å²) in [6.45, 7) is 8.35. The van der Waals surface area contributed by atoms with Crippen LogP contribution in [0.25, 0.3) is 12.2 Å². The Balaban J connectivity index is 1.39. The van der Waals surface area contributed by atoms with Crippen molar-refractivity contribution in [1.29, 1.82) is 0 Å². The van der Waals surface area contributed by atoms with Crippen LogP contribution < -0.4 is 0 Å². The summed E-state index contributed by atoms with van der Waals surface area (Å²) < 4.78 is 37.9. The van der Waals surface area contributed by atoms with E-state index in [0.29, 0.717) is 12.2 Å². The molecule has 0 aliphatic heterocycles. The van der Waals surface area contributed by atoms with E-state index in [4.69, 9.17) is 5.26 Å². The second-order valence-electron chi connectivity index (χ2n) is 12.8. The summed E-state index contributed by atoms with van der Waals surface area (Å²) in [4.78, 5) is 0. The number of aliphatic hydroxyl groups is 2. The molecule has 0 radical (unpaired) electrons. The Labute approximate surface area is 228 Å². The van der Waals surface area contributed by atoms with Gasteiger partial charge in [0.25, 0.3) is 10.1 Å². The first-order chi connectivity index (χ1) is 17.7. The van der Waals surface area contributed by atoms with Crippen LogP contribution in [-0.2, 0) is 19.5 Å². The van der Waals surface area contributed by atoms with Crippen molar-refractivity contribution in [3.8, 4) is 0 Å². The van der Waals surface area contributed by atoms with Gasteiger partial charge in [0.15, 0.2) is 0 Å². The number of rotatable bonds is 8. The average Bonchev–Trinajstić information content (AvgIpc) is 3.34. The molecule has 0 amide bonds. The van der Waals surface area contributed by atoms with E-state index in [1.165, 1.54) is 0 Å². The Morgan fingerprint density at radius 2 is 1.34 bits per heavy atom. The van der Waals surface area contributed by atoms with Gasteiger partial charge in [0.2, 0.25) is 0 Å². The Morgan fingerprint density at radius 3 is 1.82 bits per heavy atom. The molecule has 210 valence electrons. The maximum Gasteiger partial charge on any atom is 0.265 e. The van der Waals surface area contributed by atoms with Crippen molar-refractivity contribution in [2.24, 2.45) is 33.5 Å². The van der Waals surface area contributed by atoms with E-state index in [9.17, 15) is 23.2 Å². The van der Waals surface area contributed by atoms with E-state index >= 15 is 0 Å². The normalized spacial score (nSPS) is 39.1. The third-order valence-electron chi connectivity index (χ3n) is 11.0. The van der Waals surface area contributed by atoms with Gasteiger partial charge in [0, 0.05) is 28.6 Å². The van der Waals surface area contributed by atoms with Crippen molar-refractivity contribution in [3.63, 3.8) is 0 Å². The highest BCUT2D eigenvalue weighted by molar-refractivity contribution is 7.94. The largest absolute Gasteiger partial charge is 0.388 e. The lowest BCUT2D eigenvalue weighted by molar-refractivity contribution is -0.432. The molecule has 6 unspecified atom stereocenters. The van der Waals surface area contributed by atoms with Crippen LogP contribution in [0.1, 0.15) is 64.5 Å². The number of benzene rings is 1. The van der Waals surface area contributed by atoms with Gasteiger partial charge in [-0.15, -0.1) is 4.33 Å². The molecule has 1 aromatic rings. The zero-order valence-electron chi connectivity index (χ0n) is 22.3. The Bertz CT molecular complexity index is 1250. The predicted octanol–water partition coefficient (Wildman–Crippen LogP) is 5.00. The molecule has 1 aromatic carbocycles. The van der Waals surface area contributed by atoms with Crippen LogP contribution >= 0.6 is 12.0 Å². The third-order valence-corrected chi connectivity index (χ3v) is 12.7. The highest BCUT2D eigenvalue weighted by Crippen LogP contribution is 2.69. The minimum Gasteiger partial charge on any atom is -0.388 e. The van der Waals surface area contributed by atoms with Gasteiger partial charge in [-0.1, -0.05) is 69.2 Å². The quantitative estimate of drug-likeness (QED) is 0.113. The minimum absolute atomic E-state index is 0.0433. The Hall–Kier alpha value is -1.24. The Morgan fingerprint density at radius 1 is 0.895 bits per heavy atom. The number of hydrogen-bond acceptors (Lipinski definition) is 8. The van der Waals surface area contributed by atoms with Crippen LogP contribution in [0.2, 0.25) is 0 Å². The first kappa shape index (κ1) is 28.3.